The van der Waals surface area contributed by atoms with Gasteiger partial charge in [-0.1, -0.05) is 32.9 Å². The summed E-state index contributed by atoms with van der Waals surface area (Å²) >= 11 is 0. The van der Waals surface area contributed by atoms with Gasteiger partial charge in [-0.25, -0.2) is 4.79 Å². The third kappa shape index (κ3) is 6.94. The van der Waals surface area contributed by atoms with E-state index < -0.39 is 17.5 Å². The van der Waals surface area contributed by atoms with Gasteiger partial charge < -0.3 is 19.2 Å². The molecule has 0 saturated heterocycles. The van der Waals surface area contributed by atoms with E-state index in [0.29, 0.717) is 25.0 Å². The monoisotopic (exact) mass is 451 g/mol. The lowest BCUT2D eigenvalue weighted by Crippen LogP contribution is -2.31. The van der Waals surface area contributed by atoms with Gasteiger partial charge in [0.2, 0.25) is 0 Å². The van der Waals surface area contributed by atoms with E-state index in [9.17, 15) is 14.4 Å². The molecule has 1 amide bonds. The number of rotatable bonds is 10. The molecule has 33 heavy (non-hydrogen) atoms. The lowest BCUT2D eigenvalue weighted by molar-refractivity contribution is -0.134. The van der Waals surface area contributed by atoms with Crippen LogP contribution < -0.4 is 20.4 Å². The zero-order valence-electron chi connectivity index (χ0n) is 19.2. The minimum atomic E-state index is -0.739. The topological polar surface area (TPSA) is 94.8 Å². The molecule has 0 aliphatic heterocycles. The highest BCUT2D eigenvalue weighted by Gasteiger charge is 2.15. The zero-order valence-corrected chi connectivity index (χ0v) is 19.2. The fraction of sp³-hybridized carbons (Fsp3) is 0.346. The number of hydrogen-bond acceptors (Lipinski definition) is 6. The number of aryl methyl sites for hydroxylation is 1. The zero-order chi connectivity index (χ0) is 23.8. The number of fused-ring (bicyclic) bond motifs is 1. The summed E-state index contributed by atoms with van der Waals surface area (Å²) in [5.74, 6) is 0.411. The lowest BCUT2D eigenvalue weighted by Gasteiger charge is -2.09. The highest BCUT2D eigenvalue weighted by molar-refractivity contribution is 5.96. The maximum absolute atomic E-state index is 12.2. The molecule has 7 nitrogen and oxygen atoms in total. The van der Waals surface area contributed by atoms with Gasteiger partial charge in [-0.05, 0) is 54.7 Å². The van der Waals surface area contributed by atoms with Crippen LogP contribution in [0, 0.1) is 5.92 Å². The van der Waals surface area contributed by atoms with Crippen LogP contribution in [0.25, 0.3) is 11.0 Å². The third-order valence-electron chi connectivity index (χ3n) is 4.98. The maximum atomic E-state index is 12.2. The Balaban J connectivity index is 1.54. The minimum Gasteiger partial charge on any atom is -0.494 e. The molecule has 1 heterocycles. The number of carbonyl (C=O) groups is 2. The van der Waals surface area contributed by atoms with Crippen LogP contribution in [0.2, 0.25) is 0 Å². The van der Waals surface area contributed by atoms with Crippen molar-refractivity contribution < 1.29 is 23.5 Å². The molecule has 0 fully saturated rings. The molecule has 0 radical (unpaired) electrons. The molecule has 174 valence electrons. The summed E-state index contributed by atoms with van der Waals surface area (Å²) in [4.78, 5) is 36.6. The number of nitrogens with one attached hydrogen (secondary N) is 1. The summed E-state index contributed by atoms with van der Waals surface area (Å²) in [6, 6.07) is 14.1. The van der Waals surface area contributed by atoms with E-state index in [4.69, 9.17) is 13.9 Å². The Labute approximate surface area is 192 Å². The van der Waals surface area contributed by atoms with Crippen LogP contribution in [-0.4, -0.2) is 25.0 Å². The average Bonchev–Trinajstić information content (AvgIpc) is 2.80. The number of carbonyl (C=O) groups excluding carboxylic acids is 2. The van der Waals surface area contributed by atoms with E-state index in [1.54, 1.807) is 12.1 Å². The molecule has 3 aromatic rings. The number of ether oxygens (including phenoxy) is 2. The van der Waals surface area contributed by atoms with Crippen molar-refractivity contribution in [3.05, 3.63) is 70.1 Å². The van der Waals surface area contributed by atoms with Crippen molar-refractivity contribution in [2.75, 3.05) is 13.2 Å². The Morgan fingerprint density at radius 3 is 2.45 bits per heavy atom. The summed E-state index contributed by atoms with van der Waals surface area (Å²) in [5.41, 5.74) is 0.681. The summed E-state index contributed by atoms with van der Waals surface area (Å²) in [6.07, 6.45) is 1.66. The highest BCUT2D eigenvalue weighted by atomic mass is 16.5. The fourth-order valence-electron chi connectivity index (χ4n) is 3.12. The molecular formula is C26H29NO6. The second kappa shape index (κ2) is 11.3. The Bertz CT molecular complexity index is 1160. The van der Waals surface area contributed by atoms with Gasteiger partial charge in [0.25, 0.3) is 5.91 Å². The van der Waals surface area contributed by atoms with Crippen molar-refractivity contribution in [1.82, 2.24) is 5.32 Å². The normalized spacial score (nSPS) is 10.9. The first kappa shape index (κ1) is 24.0. The van der Waals surface area contributed by atoms with Crippen molar-refractivity contribution in [3.63, 3.8) is 0 Å². The predicted octanol–water partition coefficient (Wildman–Crippen LogP) is 4.51. The van der Waals surface area contributed by atoms with Crippen molar-refractivity contribution in [2.45, 2.75) is 40.0 Å². The van der Waals surface area contributed by atoms with Gasteiger partial charge in [0.05, 0.1) is 6.61 Å². The standard InChI is InChI=1S/C26H29NO6/c1-4-18-7-10-20(11-8-18)31-13-5-6-24(28)32-21-12-9-19-14-22(25(29)27-16-17(2)3)26(30)33-23(19)15-21/h7-12,14-15,17H,4-6,13,16H2,1-3H3,(H,27,29). The first-order valence-electron chi connectivity index (χ1n) is 11.1. The van der Waals surface area contributed by atoms with Gasteiger partial charge in [0.15, 0.2) is 0 Å². The van der Waals surface area contributed by atoms with Crippen LogP contribution in [0.1, 0.15) is 49.5 Å². The minimum absolute atomic E-state index is 0.0581. The molecule has 2 aromatic carbocycles. The van der Waals surface area contributed by atoms with Crippen LogP contribution in [0.15, 0.2) is 57.7 Å². The van der Waals surface area contributed by atoms with Crippen molar-refractivity contribution in [3.8, 4) is 11.5 Å². The van der Waals surface area contributed by atoms with Crippen LogP contribution in [0.3, 0.4) is 0 Å². The summed E-state index contributed by atoms with van der Waals surface area (Å²) < 4.78 is 16.3. The van der Waals surface area contributed by atoms with Gasteiger partial charge >= 0.3 is 11.6 Å². The Hall–Kier alpha value is -3.61. The van der Waals surface area contributed by atoms with Crippen LogP contribution in [0.4, 0.5) is 0 Å². The molecule has 0 unspecified atom stereocenters. The smallest absolute Gasteiger partial charge is 0.349 e. The molecule has 1 N–H and O–H groups in total. The summed E-state index contributed by atoms with van der Waals surface area (Å²) in [5, 5.41) is 3.26. The van der Waals surface area contributed by atoms with Crippen LogP contribution in [-0.2, 0) is 11.2 Å². The van der Waals surface area contributed by atoms with Gasteiger partial charge in [-0.3, -0.25) is 9.59 Å². The van der Waals surface area contributed by atoms with Crippen molar-refractivity contribution in [2.24, 2.45) is 5.92 Å². The number of esters is 1. The van der Waals surface area contributed by atoms with Crippen LogP contribution >= 0.6 is 0 Å². The second-order valence-corrected chi connectivity index (χ2v) is 8.17. The molecule has 0 atom stereocenters. The maximum Gasteiger partial charge on any atom is 0.349 e. The molecule has 0 bridgehead atoms. The molecular weight excluding hydrogens is 422 g/mol. The van der Waals surface area contributed by atoms with E-state index in [0.717, 1.165) is 12.2 Å². The molecule has 0 spiro atoms. The quantitative estimate of drug-likeness (QED) is 0.211. The highest BCUT2D eigenvalue weighted by Crippen LogP contribution is 2.21. The SMILES string of the molecule is CCc1ccc(OCCCC(=O)Oc2ccc3cc(C(=O)NCC(C)C)c(=O)oc3c2)cc1. The van der Waals surface area contributed by atoms with Gasteiger partial charge in [0, 0.05) is 24.4 Å². The number of benzene rings is 2. The van der Waals surface area contributed by atoms with Crippen molar-refractivity contribution >= 4 is 22.8 Å². The van der Waals surface area contributed by atoms with E-state index in [-0.39, 0.29) is 29.2 Å². The Morgan fingerprint density at radius 2 is 1.76 bits per heavy atom. The first-order valence-corrected chi connectivity index (χ1v) is 11.1. The Morgan fingerprint density at radius 1 is 1.03 bits per heavy atom. The number of amides is 1. The van der Waals surface area contributed by atoms with Gasteiger partial charge in [-0.15, -0.1) is 0 Å². The Kier molecular flexibility index (Phi) is 8.24. The molecule has 0 aliphatic rings. The van der Waals surface area contributed by atoms with E-state index in [1.165, 1.54) is 17.7 Å². The van der Waals surface area contributed by atoms with Gasteiger partial charge in [-0.2, -0.15) is 0 Å². The first-order chi connectivity index (χ1) is 15.9. The van der Waals surface area contributed by atoms with Crippen molar-refractivity contribution in [1.29, 1.82) is 0 Å². The summed E-state index contributed by atoms with van der Waals surface area (Å²) in [6.45, 7) is 6.87. The largest absolute Gasteiger partial charge is 0.494 e. The molecule has 1 aromatic heterocycles. The predicted molar refractivity (Wildman–Crippen MR) is 126 cm³/mol. The van der Waals surface area contributed by atoms with E-state index in [2.05, 4.69) is 12.2 Å². The van der Waals surface area contributed by atoms with E-state index in [1.807, 2.05) is 38.1 Å². The van der Waals surface area contributed by atoms with Crippen LogP contribution in [0.5, 0.6) is 11.5 Å². The third-order valence-corrected chi connectivity index (χ3v) is 4.98. The molecule has 3 rings (SSSR count). The average molecular weight is 452 g/mol. The molecule has 7 heteroatoms. The van der Waals surface area contributed by atoms with Gasteiger partial charge in [0.1, 0.15) is 22.6 Å². The fourth-order valence-corrected chi connectivity index (χ4v) is 3.12. The van der Waals surface area contributed by atoms with E-state index >= 15 is 0 Å². The molecule has 0 aliphatic carbocycles. The second-order valence-electron chi connectivity index (χ2n) is 8.17. The lowest BCUT2D eigenvalue weighted by atomic mass is 10.1. The summed E-state index contributed by atoms with van der Waals surface area (Å²) in [7, 11) is 0. The molecule has 0 saturated carbocycles. The number of hydrogen-bond donors (Lipinski definition) is 1.